The molecule has 0 spiro atoms. The Kier molecular flexibility index (Phi) is 5.27. The van der Waals surface area contributed by atoms with Gasteiger partial charge in [-0.2, -0.15) is 0 Å². The molecule has 2 saturated heterocycles. The summed E-state index contributed by atoms with van der Waals surface area (Å²) < 4.78 is 0. The quantitative estimate of drug-likeness (QED) is 0.818. The van der Waals surface area contributed by atoms with E-state index in [2.05, 4.69) is 14.9 Å². The van der Waals surface area contributed by atoms with Crippen molar-refractivity contribution in [3.05, 3.63) is 18.5 Å². The Labute approximate surface area is 142 Å². The van der Waals surface area contributed by atoms with Gasteiger partial charge in [0.1, 0.15) is 0 Å². The molecule has 0 N–H and O–H groups in total. The van der Waals surface area contributed by atoms with Gasteiger partial charge < -0.3 is 14.7 Å². The Hall–Kier alpha value is -2.18. The third-order valence-corrected chi connectivity index (χ3v) is 4.87. The van der Waals surface area contributed by atoms with Crippen molar-refractivity contribution in [3.8, 4) is 0 Å². The molecule has 3 heterocycles. The van der Waals surface area contributed by atoms with Crippen molar-refractivity contribution >= 4 is 17.8 Å². The van der Waals surface area contributed by atoms with E-state index >= 15 is 0 Å². The minimum Gasteiger partial charge on any atom is -0.342 e. The van der Waals surface area contributed by atoms with Gasteiger partial charge in [-0.05, 0) is 25.8 Å². The van der Waals surface area contributed by atoms with Crippen LogP contribution in [0.2, 0.25) is 0 Å². The van der Waals surface area contributed by atoms with Crippen LogP contribution in [0, 0.1) is 5.92 Å². The molecule has 1 atom stereocenters. The predicted molar refractivity (Wildman–Crippen MR) is 90.4 cm³/mol. The van der Waals surface area contributed by atoms with Crippen molar-refractivity contribution in [3.63, 3.8) is 0 Å². The first-order chi connectivity index (χ1) is 11.7. The lowest BCUT2D eigenvalue weighted by molar-refractivity contribution is -0.142. The summed E-state index contributed by atoms with van der Waals surface area (Å²) in [4.78, 5) is 39.2. The molecule has 2 aliphatic rings. The van der Waals surface area contributed by atoms with Crippen molar-refractivity contribution in [1.29, 1.82) is 0 Å². The summed E-state index contributed by atoms with van der Waals surface area (Å²) in [5.74, 6) is 1.04. The smallest absolute Gasteiger partial charge is 0.227 e. The highest BCUT2D eigenvalue weighted by Crippen LogP contribution is 2.21. The van der Waals surface area contributed by atoms with E-state index in [9.17, 15) is 9.59 Å². The number of anilines is 1. The van der Waals surface area contributed by atoms with Gasteiger partial charge in [-0.1, -0.05) is 0 Å². The van der Waals surface area contributed by atoms with Crippen LogP contribution in [0.4, 0.5) is 5.95 Å². The van der Waals surface area contributed by atoms with Gasteiger partial charge in [0.15, 0.2) is 0 Å². The molecule has 7 nitrogen and oxygen atoms in total. The summed E-state index contributed by atoms with van der Waals surface area (Å²) in [5, 5.41) is 0. The summed E-state index contributed by atoms with van der Waals surface area (Å²) >= 11 is 0. The lowest BCUT2D eigenvalue weighted by atomic mass is 9.96. The minimum absolute atomic E-state index is 0.0535. The van der Waals surface area contributed by atoms with Gasteiger partial charge in [-0.25, -0.2) is 9.97 Å². The zero-order chi connectivity index (χ0) is 16.9. The molecule has 0 bridgehead atoms. The summed E-state index contributed by atoms with van der Waals surface area (Å²) in [6.07, 6.45) is 5.56. The molecular formula is C17H25N5O2. The number of amides is 2. The third-order valence-electron chi connectivity index (χ3n) is 4.87. The number of likely N-dealkylation sites (tertiary alicyclic amines) is 1. The van der Waals surface area contributed by atoms with Crippen molar-refractivity contribution in [2.45, 2.75) is 26.2 Å². The molecule has 7 heteroatoms. The maximum Gasteiger partial charge on any atom is 0.227 e. The lowest BCUT2D eigenvalue weighted by Crippen LogP contribution is -2.47. The first-order valence-electron chi connectivity index (χ1n) is 8.77. The highest BCUT2D eigenvalue weighted by Gasteiger charge is 2.32. The second-order valence-electron chi connectivity index (χ2n) is 6.38. The fraction of sp³-hybridized carbons (Fsp3) is 0.647. The fourth-order valence-electron chi connectivity index (χ4n) is 3.47. The van der Waals surface area contributed by atoms with Crippen LogP contribution in [-0.4, -0.2) is 70.9 Å². The van der Waals surface area contributed by atoms with Crippen molar-refractivity contribution in [2.24, 2.45) is 5.92 Å². The molecule has 24 heavy (non-hydrogen) atoms. The first kappa shape index (κ1) is 16.7. The molecule has 130 valence electrons. The first-order valence-corrected chi connectivity index (χ1v) is 8.77. The molecule has 1 unspecified atom stereocenters. The topological polar surface area (TPSA) is 69.6 Å². The van der Waals surface area contributed by atoms with E-state index in [4.69, 9.17) is 0 Å². The second kappa shape index (κ2) is 7.59. The van der Waals surface area contributed by atoms with E-state index in [-0.39, 0.29) is 17.7 Å². The summed E-state index contributed by atoms with van der Waals surface area (Å²) in [7, 11) is 0. The Balaban J connectivity index is 1.59. The monoisotopic (exact) mass is 331 g/mol. The van der Waals surface area contributed by atoms with Gasteiger partial charge in [-0.15, -0.1) is 0 Å². The molecule has 2 aliphatic heterocycles. The Morgan fingerprint density at radius 3 is 2.75 bits per heavy atom. The molecular weight excluding hydrogens is 306 g/mol. The zero-order valence-electron chi connectivity index (χ0n) is 14.2. The molecule has 0 saturated carbocycles. The van der Waals surface area contributed by atoms with Crippen LogP contribution in [0.1, 0.15) is 26.2 Å². The molecule has 0 aliphatic carbocycles. The lowest BCUT2D eigenvalue weighted by Gasteiger charge is -2.34. The standard InChI is InChI=1S/C17H25N5O2/c1-2-20-13-14(5-6-15(20)23)16(24)21-9-4-10-22(12-11-21)17-18-7-3-8-19-17/h3,7-8,14H,2,4-6,9-13H2,1H3. The van der Waals surface area contributed by atoms with Gasteiger partial charge in [0.25, 0.3) is 0 Å². The summed E-state index contributed by atoms with van der Waals surface area (Å²) in [6, 6.07) is 1.81. The number of hydrogen-bond acceptors (Lipinski definition) is 5. The maximum absolute atomic E-state index is 12.9. The number of carbonyl (C=O) groups excluding carboxylic acids is 2. The van der Waals surface area contributed by atoms with E-state index in [1.807, 2.05) is 11.8 Å². The highest BCUT2D eigenvalue weighted by molar-refractivity contribution is 5.84. The number of carbonyl (C=O) groups is 2. The van der Waals surface area contributed by atoms with Crippen LogP contribution in [0.3, 0.4) is 0 Å². The molecule has 0 aromatic carbocycles. The van der Waals surface area contributed by atoms with Gasteiger partial charge in [0.2, 0.25) is 17.8 Å². The van der Waals surface area contributed by atoms with Crippen molar-refractivity contribution < 1.29 is 9.59 Å². The Morgan fingerprint density at radius 2 is 2.00 bits per heavy atom. The van der Waals surface area contributed by atoms with Crippen LogP contribution in [0.15, 0.2) is 18.5 Å². The summed E-state index contributed by atoms with van der Waals surface area (Å²) in [5.41, 5.74) is 0. The van der Waals surface area contributed by atoms with Gasteiger partial charge >= 0.3 is 0 Å². The number of rotatable bonds is 3. The summed E-state index contributed by atoms with van der Waals surface area (Å²) in [6.45, 7) is 6.27. The Bertz CT molecular complexity index is 580. The maximum atomic E-state index is 12.9. The SMILES string of the molecule is CCN1CC(C(=O)N2CCCN(c3ncccn3)CC2)CCC1=O. The number of aromatic nitrogens is 2. The van der Waals surface area contributed by atoms with E-state index < -0.39 is 0 Å². The highest BCUT2D eigenvalue weighted by atomic mass is 16.2. The average Bonchev–Trinajstić information content (AvgIpc) is 2.88. The van der Waals surface area contributed by atoms with Gasteiger partial charge in [0.05, 0.1) is 5.92 Å². The fourth-order valence-corrected chi connectivity index (χ4v) is 3.47. The Morgan fingerprint density at radius 1 is 1.21 bits per heavy atom. The average molecular weight is 331 g/mol. The van der Waals surface area contributed by atoms with Crippen LogP contribution in [-0.2, 0) is 9.59 Å². The molecule has 2 fully saturated rings. The minimum atomic E-state index is -0.0535. The van der Waals surface area contributed by atoms with Crippen molar-refractivity contribution in [1.82, 2.24) is 19.8 Å². The zero-order valence-corrected chi connectivity index (χ0v) is 14.2. The van der Waals surface area contributed by atoms with Gasteiger partial charge in [-0.3, -0.25) is 9.59 Å². The molecule has 2 amide bonds. The number of hydrogen-bond donors (Lipinski definition) is 0. The molecule has 0 radical (unpaired) electrons. The van der Waals surface area contributed by atoms with Crippen LogP contribution >= 0.6 is 0 Å². The van der Waals surface area contributed by atoms with E-state index in [0.29, 0.717) is 32.5 Å². The molecule has 3 rings (SSSR count). The predicted octanol–water partition coefficient (Wildman–Crippen LogP) is 0.774. The van der Waals surface area contributed by atoms with E-state index in [0.717, 1.165) is 32.0 Å². The van der Waals surface area contributed by atoms with Crippen molar-refractivity contribution in [2.75, 3.05) is 44.2 Å². The van der Waals surface area contributed by atoms with Crippen LogP contribution < -0.4 is 4.90 Å². The molecule has 1 aromatic heterocycles. The van der Waals surface area contributed by atoms with Crippen LogP contribution in [0.5, 0.6) is 0 Å². The normalized spacial score (nSPS) is 22.5. The van der Waals surface area contributed by atoms with E-state index in [1.54, 1.807) is 23.4 Å². The van der Waals surface area contributed by atoms with Gasteiger partial charge in [0, 0.05) is 58.1 Å². The third kappa shape index (κ3) is 3.66. The van der Waals surface area contributed by atoms with Crippen LogP contribution in [0.25, 0.3) is 0 Å². The van der Waals surface area contributed by atoms with E-state index in [1.165, 1.54) is 0 Å². The number of piperidine rings is 1. The molecule has 1 aromatic rings. The largest absolute Gasteiger partial charge is 0.342 e. The second-order valence-corrected chi connectivity index (χ2v) is 6.38. The number of nitrogens with zero attached hydrogens (tertiary/aromatic N) is 5.